The molecule has 0 bridgehead atoms. The summed E-state index contributed by atoms with van der Waals surface area (Å²) in [5.74, 6) is -0.450. The third-order valence-electron chi connectivity index (χ3n) is 2.78. The van der Waals surface area contributed by atoms with Gasteiger partial charge < -0.3 is 0 Å². The first kappa shape index (κ1) is 11.3. The van der Waals surface area contributed by atoms with Crippen LogP contribution in [0.4, 0.5) is 0 Å². The van der Waals surface area contributed by atoms with Gasteiger partial charge in [-0.3, -0.25) is 9.78 Å². The van der Waals surface area contributed by atoms with Crippen LogP contribution in [-0.4, -0.2) is 21.4 Å². The van der Waals surface area contributed by atoms with Crippen molar-refractivity contribution in [3.8, 4) is 6.07 Å². The topological polar surface area (TPSA) is 76.9 Å². The molecule has 2 heterocycles. The van der Waals surface area contributed by atoms with Gasteiger partial charge >= 0.3 is 0 Å². The Balaban J connectivity index is 2.63. The molecule has 5 nitrogen and oxygen atoms in total. The molecule has 0 aromatic carbocycles. The van der Waals surface area contributed by atoms with E-state index < -0.39 is 11.3 Å². The van der Waals surface area contributed by atoms with E-state index >= 15 is 0 Å². The molecule has 0 fully saturated rings. The van der Waals surface area contributed by atoms with Crippen LogP contribution in [0.1, 0.15) is 19.4 Å². The molecule has 85 valence electrons. The highest BCUT2D eigenvalue weighted by atomic mass is 16.5. The SMILES string of the molecule is CC1(C)C(=O)C(C#N)=C(c2cccnc2)N1[O]. The van der Waals surface area contributed by atoms with Crippen LogP contribution in [0.2, 0.25) is 0 Å². The van der Waals surface area contributed by atoms with Crippen molar-refractivity contribution in [3.63, 3.8) is 0 Å². The predicted octanol–water partition coefficient (Wildman–Crippen LogP) is 1.33. The first-order valence-electron chi connectivity index (χ1n) is 5.07. The van der Waals surface area contributed by atoms with Gasteiger partial charge in [0, 0.05) is 18.0 Å². The second kappa shape index (κ2) is 3.68. The summed E-state index contributed by atoms with van der Waals surface area (Å²) in [7, 11) is 0. The first-order valence-corrected chi connectivity index (χ1v) is 5.07. The summed E-state index contributed by atoms with van der Waals surface area (Å²) >= 11 is 0. The normalized spacial score (nSPS) is 18.5. The highest BCUT2D eigenvalue weighted by molar-refractivity contribution is 6.14. The van der Waals surface area contributed by atoms with Crippen LogP contribution in [0.15, 0.2) is 30.1 Å². The number of ketones is 1. The van der Waals surface area contributed by atoms with Crippen LogP contribution in [0.5, 0.6) is 0 Å². The summed E-state index contributed by atoms with van der Waals surface area (Å²) in [6, 6.07) is 5.11. The minimum absolute atomic E-state index is 0.0991. The Labute approximate surface area is 98.6 Å². The highest BCUT2D eigenvalue weighted by Crippen LogP contribution is 2.37. The lowest BCUT2D eigenvalue weighted by Crippen LogP contribution is -2.40. The molecule has 0 saturated carbocycles. The van der Waals surface area contributed by atoms with Crippen molar-refractivity contribution in [1.29, 1.82) is 5.26 Å². The maximum absolute atomic E-state index is 12.1. The first-order chi connectivity index (χ1) is 8.00. The van der Waals surface area contributed by atoms with Gasteiger partial charge in [-0.05, 0) is 26.0 Å². The molecule has 1 aliphatic heterocycles. The molecule has 1 aromatic heterocycles. The zero-order chi connectivity index (χ0) is 12.6. The van der Waals surface area contributed by atoms with Gasteiger partial charge in [0.25, 0.3) is 0 Å². The van der Waals surface area contributed by atoms with E-state index in [1.165, 1.54) is 20.0 Å². The Morgan fingerprint density at radius 1 is 1.47 bits per heavy atom. The van der Waals surface area contributed by atoms with E-state index in [0.29, 0.717) is 10.6 Å². The summed E-state index contributed by atoms with van der Waals surface area (Å²) in [5, 5.41) is 21.7. The van der Waals surface area contributed by atoms with E-state index in [0.717, 1.165) is 0 Å². The number of hydroxylamine groups is 2. The van der Waals surface area contributed by atoms with E-state index in [-0.39, 0.29) is 11.3 Å². The summed E-state index contributed by atoms with van der Waals surface area (Å²) in [5.41, 5.74) is -0.734. The van der Waals surface area contributed by atoms with Crippen molar-refractivity contribution in [2.45, 2.75) is 19.4 Å². The fraction of sp³-hybridized carbons (Fsp3) is 0.250. The van der Waals surface area contributed by atoms with Crippen LogP contribution >= 0.6 is 0 Å². The van der Waals surface area contributed by atoms with Gasteiger partial charge in [0.15, 0.2) is 0 Å². The molecule has 0 amide bonds. The van der Waals surface area contributed by atoms with E-state index in [1.54, 1.807) is 18.3 Å². The summed E-state index contributed by atoms with van der Waals surface area (Å²) in [4.78, 5) is 15.8. The molecule has 1 aromatic rings. The highest BCUT2D eigenvalue weighted by Gasteiger charge is 2.47. The average molecular weight is 228 g/mol. The molecular formula is C12H10N3O2. The summed E-state index contributed by atoms with van der Waals surface area (Å²) in [6.07, 6.45) is 3.03. The fourth-order valence-electron chi connectivity index (χ4n) is 1.75. The minimum Gasteiger partial charge on any atom is -0.291 e. The van der Waals surface area contributed by atoms with Crippen molar-refractivity contribution in [2.24, 2.45) is 0 Å². The monoisotopic (exact) mass is 228 g/mol. The molecule has 0 atom stereocenters. The third kappa shape index (κ3) is 1.50. The predicted molar refractivity (Wildman–Crippen MR) is 58.4 cm³/mol. The average Bonchev–Trinajstić information content (AvgIpc) is 2.51. The van der Waals surface area contributed by atoms with Crippen LogP contribution in [0.3, 0.4) is 0 Å². The summed E-state index contributed by atoms with van der Waals surface area (Å²) < 4.78 is 0. The minimum atomic E-state index is -1.23. The lowest BCUT2D eigenvalue weighted by atomic mass is 9.98. The number of hydrogen-bond acceptors (Lipinski definition) is 4. The molecule has 0 saturated heterocycles. The fourth-order valence-corrected chi connectivity index (χ4v) is 1.75. The molecular weight excluding hydrogens is 218 g/mol. The maximum Gasteiger partial charge on any atom is 0.203 e. The smallest absolute Gasteiger partial charge is 0.203 e. The van der Waals surface area contributed by atoms with Gasteiger partial charge in [0.2, 0.25) is 5.78 Å². The molecule has 0 aliphatic carbocycles. The maximum atomic E-state index is 12.1. The van der Waals surface area contributed by atoms with Gasteiger partial charge in [-0.25, -0.2) is 5.06 Å². The van der Waals surface area contributed by atoms with Crippen molar-refractivity contribution in [1.82, 2.24) is 10.0 Å². The van der Waals surface area contributed by atoms with Gasteiger partial charge in [0.05, 0.1) is 5.70 Å². The van der Waals surface area contributed by atoms with Crippen LogP contribution in [0, 0.1) is 11.3 Å². The largest absolute Gasteiger partial charge is 0.291 e. The van der Waals surface area contributed by atoms with Crippen LogP contribution in [-0.2, 0) is 10.0 Å². The lowest BCUT2D eigenvalue weighted by molar-refractivity contribution is -0.167. The van der Waals surface area contributed by atoms with Crippen LogP contribution in [0.25, 0.3) is 5.70 Å². The van der Waals surface area contributed by atoms with Gasteiger partial charge in [-0.15, -0.1) is 0 Å². The standard InChI is InChI=1S/C12H10N3O2/c1-12(2)11(16)9(6-13)10(15(12)17)8-4-3-5-14-7-8/h3-5,7H,1-2H3. The van der Waals surface area contributed by atoms with E-state index in [2.05, 4.69) is 4.98 Å². The zero-order valence-corrected chi connectivity index (χ0v) is 9.47. The molecule has 0 spiro atoms. The van der Waals surface area contributed by atoms with E-state index in [4.69, 9.17) is 5.26 Å². The number of hydrogen-bond donors (Lipinski definition) is 0. The van der Waals surface area contributed by atoms with Crippen molar-refractivity contribution in [3.05, 3.63) is 35.7 Å². The molecule has 5 heteroatoms. The zero-order valence-electron chi connectivity index (χ0n) is 9.47. The number of nitriles is 1. The van der Waals surface area contributed by atoms with E-state index in [1.807, 2.05) is 6.07 Å². The molecule has 17 heavy (non-hydrogen) atoms. The Morgan fingerprint density at radius 3 is 2.71 bits per heavy atom. The summed E-state index contributed by atoms with van der Waals surface area (Å²) in [6.45, 7) is 3.01. The van der Waals surface area contributed by atoms with E-state index in [9.17, 15) is 10.0 Å². The molecule has 0 N–H and O–H groups in total. The number of carbonyl (C=O) groups is 1. The second-order valence-electron chi connectivity index (χ2n) is 4.26. The number of pyridine rings is 1. The lowest BCUT2D eigenvalue weighted by Gasteiger charge is -2.24. The molecule has 0 unspecified atom stereocenters. The molecule has 1 aliphatic rings. The Morgan fingerprint density at radius 2 is 2.18 bits per heavy atom. The second-order valence-corrected chi connectivity index (χ2v) is 4.26. The number of aromatic nitrogens is 1. The quantitative estimate of drug-likeness (QED) is 0.726. The number of rotatable bonds is 1. The van der Waals surface area contributed by atoms with Crippen molar-refractivity contribution < 1.29 is 10.0 Å². The van der Waals surface area contributed by atoms with Gasteiger partial charge in [0.1, 0.15) is 17.2 Å². The van der Waals surface area contributed by atoms with Crippen LogP contribution < -0.4 is 0 Å². The Bertz CT molecular complexity index is 541. The van der Waals surface area contributed by atoms with Gasteiger partial charge in [-0.2, -0.15) is 5.26 Å². The van der Waals surface area contributed by atoms with Crippen molar-refractivity contribution >= 4 is 11.5 Å². The van der Waals surface area contributed by atoms with Gasteiger partial charge in [-0.1, -0.05) is 5.21 Å². The number of carbonyl (C=O) groups excluding carboxylic acids is 1. The Hall–Kier alpha value is -2.19. The molecule has 2 rings (SSSR count). The Kier molecular flexibility index (Phi) is 2.45. The molecule has 1 radical (unpaired) electrons. The third-order valence-corrected chi connectivity index (χ3v) is 2.78. The number of Topliss-reactive ketones (excluding diaryl/α,β-unsaturated/α-hetero) is 1. The van der Waals surface area contributed by atoms with Crippen molar-refractivity contribution in [2.75, 3.05) is 0 Å². The number of nitrogens with zero attached hydrogens (tertiary/aromatic N) is 3.